The van der Waals surface area contributed by atoms with Crippen LogP contribution in [-0.4, -0.2) is 62.9 Å². The van der Waals surface area contributed by atoms with Gasteiger partial charge >= 0.3 is 0 Å². The Morgan fingerprint density at radius 3 is 2.68 bits per heavy atom. The molecule has 122 valence electrons. The van der Waals surface area contributed by atoms with Crippen LogP contribution >= 0.6 is 15.9 Å². The van der Waals surface area contributed by atoms with Gasteiger partial charge in [-0.1, -0.05) is 15.9 Å². The summed E-state index contributed by atoms with van der Waals surface area (Å²) < 4.78 is 41.2. The smallest absolute Gasteiger partial charge is 0.246 e. The van der Waals surface area contributed by atoms with Crippen molar-refractivity contribution in [3.63, 3.8) is 0 Å². The quantitative estimate of drug-likeness (QED) is 0.842. The summed E-state index contributed by atoms with van der Waals surface area (Å²) in [6.45, 7) is 4.62. The van der Waals surface area contributed by atoms with Gasteiger partial charge in [0.05, 0.1) is 0 Å². The maximum absolute atomic E-state index is 13.9. The fourth-order valence-electron chi connectivity index (χ4n) is 3.09. The van der Waals surface area contributed by atoms with E-state index in [4.69, 9.17) is 0 Å². The molecular weight excluding hydrogens is 373 g/mol. The second kappa shape index (κ2) is 6.52. The van der Waals surface area contributed by atoms with Crippen LogP contribution in [0.1, 0.15) is 6.42 Å². The van der Waals surface area contributed by atoms with E-state index in [1.165, 1.54) is 22.5 Å². The minimum absolute atomic E-state index is 0.229. The first-order valence-electron chi connectivity index (χ1n) is 7.38. The molecule has 0 radical (unpaired) electrons. The van der Waals surface area contributed by atoms with E-state index in [0.717, 1.165) is 32.6 Å². The predicted molar refractivity (Wildman–Crippen MR) is 85.7 cm³/mol. The van der Waals surface area contributed by atoms with Crippen molar-refractivity contribution in [3.8, 4) is 0 Å². The van der Waals surface area contributed by atoms with Crippen molar-refractivity contribution in [2.75, 3.05) is 39.3 Å². The van der Waals surface area contributed by atoms with Gasteiger partial charge in [0, 0.05) is 49.8 Å². The number of hydrogen-bond acceptors (Lipinski definition) is 4. The third-order valence-corrected chi connectivity index (χ3v) is 6.68. The summed E-state index contributed by atoms with van der Waals surface area (Å²) in [5, 5.41) is 3.29. The molecule has 0 aromatic heterocycles. The standard InChI is InChI=1S/C14H19BrFN3O2S/c15-11-1-2-13(16)14(9-11)22(20,21)19-6-3-12(10-19)18-7-4-17-5-8-18/h1-2,9,12,17H,3-8,10H2. The molecule has 22 heavy (non-hydrogen) atoms. The first kappa shape index (κ1) is 16.3. The minimum Gasteiger partial charge on any atom is -0.314 e. The Morgan fingerprint density at radius 1 is 1.23 bits per heavy atom. The molecule has 5 nitrogen and oxygen atoms in total. The van der Waals surface area contributed by atoms with Gasteiger partial charge in [-0.05, 0) is 24.6 Å². The lowest BCUT2D eigenvalue weighted by Gasteiger charge is -2.32. The molecule has 0 aliphatic carbocycles. The summed E-state index contributed by atoms with van der Waals surface area (Å²) in [7, 11) is -3.78. The second-order valence-electron chi connectivity index (χ2n) is 5.67. The number of benzene rings is 1. The van der Waals surface area contributed by atoms with Gasteiger partial charge in [0.1, 0.15) is 10.7 Å². The molecule has 2 heterocycles. The summed E-state index contributed by atoms with van der Waals surface area (Å²) in [6, 6.07) is 4.25. The van der Waals surface area contributed by atoms with Crippen molar-refractivity contribution in [2.45, 2.75) is 17.4 Å². The number of hydrogen-bond donors (Lipinski definition) is 1. The predicted octanol–water partition coefficient (Wildman–Crippen LogP) is 1.26. The van der Waals surface area contributed by atoms with Crippen LogP contribution in [0.2, 0.25) is 0 Å². The van der Waals surface area contributed by atoms with E-state index in [0.29, 0.717) is 17.6 Å². The molecule has 8 heteroatoms. The molecule has 0 amide bonds. The molecule has 2 saturated heterocycles. The third-order valence-electron chi connectivity index (χ3n) is 4.31. The van der Waals surface area contributed by atoms with E-state index >= 15 is 0 Å². The number of halogens is 2. The number of rotatable bonds is 3. The number of nitrogens with one attached hydrogen (secondary N) is 1. The molecular formula is C14H19BrFN3O2S. The molecule has 1 aromatic rings. The first-order valence-corrected chi connectivity index (χ1v) is 9.62. The number of nitrogens with zero attached hydrogens (tertiary/aromatic N) is 2. The van der Waals surface area contributed by atoms with Crippen LogP contribution in [0.15, 0.2) is 27.6 Å². The second-order valence-corrected chi connectivity index (χ2v) is 8.49. The highest BCUT2D eigenvalue weighted by Crippen LogP contribution is 2.27. The van der Waals surface area contributed by atoms with Crippen LogP contribution < -0.4 is 5.32 Å². The van der Waals surface area contributed by atoms with E-state index in [-0.39, 0.29) is 10.9 Å². The summed E-state index contributed by atoms with van der Waals surface area (Å²) in [6.07, 6.45) is 0.800. The summed E-state index contributed by atoms with van der Waals surface area (Å²) >= 11 is 3.21. The van der Waals surface area contributed by atoms with Crippen LogP contribution in [0.5, 0.6) is 0 Å². The average molecular weight is 392 g/mol. The number of sulfonamides is 1. The fraction of sp³-hybridized carbons (Fsp3) is 0.571. The van der Waals surface area contributed by atoms with E-state index in [1.54, 1.807) is 0 Å². The van der Waals surface area contributed by atoms with Crippen molar-refractivity contribution >= 4 is 26.0 Å². The highest BCUT2D eigenvalue weighted by Gasteiger charge is 2.36. The van der Waals surface area contributed by atoms with Gasteiger partial charge in [0.2, 0.25) is 10.0 Å². The molecule has 2 aliphatic rings. The Bertz CT molecular complexity index is 649. The zero-order valence-corrected chi connectivity index (χ0v) is 14.5. The maximum Gasteiger partial charge on any atom is 0.246 e. The third kappa shape index (κ3) is 3.21. The van der Waals surface area contributed by atoms with Gasteiger partial charge in [0.25, 0.3) is 0 Å². The lowest BCUT2D eigenvalue weighted by Crippen LogP contribution is -2.49. The van der Waals surface area contributed by atoms with Crippen molar-refractivity contribution in [2.24, 2.45) is 0 Å². The topological polar surface area (TPSA) is 52.7 Å². The monoisotopic (exact) mass is 391 g/mol. The molecule has 0 spiro atoms. The van der Waals surface area contributed by atoms with Crippen LogP contribution in [-0.2, 0) is 10.0 Å². The first-order chi connectivity index (χ1) is 10.5. The molecule has 0 saturated carbocycles. The SMILES string of the molecule is O=S(=O)(c1cc(Br)ccc1F)N1CCC(N2CCNCC2)C1. The molecule has 1 unspecified atom stereocenters. The van der Waals surface area contributed by atoms with Gasteiger partial charge < -0.3 is 5.32 Å². The molecule has 2 aliphatic heterocycles. The van der Waals surface area contributed by atoms with Crippen molar-refractivity contribution < 1.29 is 12.8 Å². The van der Waals surface area contributed by atoms with Gasteiger partial charge in [-0.3, -0.25) is 4.90 Å². The van der Waals surface area contributed by atoms with Gasteiger partial charge in [0.15, 0.2) is 0 Å². The Morgan fingerprint density at radius 2 is 1.95 bits per heavy atom. The normalized spacial score (nSPS) is 24.7. The highest BCUT2D eigenvalue weighted by atomic mass is 79.9. The van der Waals surface area contributed by atoms with Crippen LogP contribution in [0.25, 0.3) is 0 Å². The maximum atomic E-state index is 13.9. The van der Waals surface area contributed by atoms with Crippen LogP contribution in [0.3, 0.4) is 0 Å². The van der Waals surface area contributed by atoms with Crippen molar-refractivity contribution in [1.29, 1.82) is 0 Å². The highest BCUT2D eigenvalue weighted by molar-refractivity contribution is 9.10. The number of piperazine rings is 1. The zero-order valence-electron chi connectivity index (χ0n) is 12.1. The van der Waals surface area contributed by atoms with E-state index in [9.17, 15) is 12.8 Å². The van der Waals surface area contributed by atoms with Crippen molar-refractivity contribution in [3.05, 3.63) is 28.5 Å². The summed E-state index contributed by atoms with van der Waals surface area (Å²) in [4.78, 5) is 2.08. The molecule has 1 N–H and O–H groups in total. The lowest BCUT2D eigenvalue weighted by molar-refractivity contribution is 0.179. The average Bonchev–Trinajstić information content (AvgIpc) is 3.01. The van der Waals surface area contributed by atoms with Crippen LogP contribution in [0, 0.1) is 5.82 Å². The van der Waals surface area contributed by atoms with Crippen molar-refractivity contribution in [1.82, 2.24) is 14.5 Å². The van der Waals surface area contributed by atoms with Gasteiger partial charge in [-0.25, -0.2) is 12.8 Å². The largest absolute Gasteiger partial charge is 0.314 e. The Kier molecular flexibility index (Phi) is 4.84. The van der Waals surface area contributed by atoms with Gasteiger partial charge in [-0.2, -0.15) is 4.31 Å². The van der Waals surface area contributed by atoms with Gasteiger partial charge in [-0.15, -0.1) is 0 Å². The molecule has 0 bridgehead atoms. The van der Waals surface area contributed by atoms with E-state index in [1.807, 2.05) is 0 Å². The summed E-state index contributed by atoms with van der Waals surface area (Å²) in [5.41, 5.74) is 0. The Labute approximate surface area is 138 Å². The minimum atomic E-state index is -3.78. The summed E-state index contributed by atoms with van der Waals surface area (Å²) in [5.74, 6) is -0.700. The fourth-order valence-corrected chi connectivity index (χ4v) is 5.18. The molecule has 3 rings (SSSR count). The molecule has 1 aromatic carbocycles. The van der Waals surface area contributed by atoms with E-state index < -0.39 is 15.8 Å². The zero-order chi connectivity index (χ0) is 15.7. The van der Waals surface area contributed by atoms with E-state index in [2.05, 4.69) is 26.1 Å². The molecule has 1 atom stereocenters. The lowest BCUT2D eigenvalue weighted by atomic mass is 10.2. The van der Waals surface area contributed by atoms with Crippen LogP contribution in [0.4, 0.5) is 4.39 Å². The Hall–Kier alpha value is -0.540. The Balaban J connectivity index is 1.77. The molecule has 2 fully saturated rings.